The third-order valence-electron chi connectivity index (χ3n) is 2.19. The Labute approximate surface area is 88.4 Å². The number of anilines is 1. The molecule has 0 fully saturated rings. The van der Waals surface area contributed by atoms with Crippen LogP contribution in [0.5, 0.6) is 0 Å². The monoisotopic (exact) mass is 200 g/mol. The smallest absolute Gasteiger partial charge is 0.115 e. The highest BCUT2D eigenvalue weighted by atomic mass is 14.9. The largest absolute Gasteiger partial charge is 0.378 e. The maximum atomic E-state index is 4.09. The fourth-order valence-corrected chi connectivity index (χ4v) is 1.27. The number of hydrogen-bond donors (Lipinski definition) is 1. The normalized spacial score (nSPS) is 9.93. The van der Waals surface area contributed by atoms with Gasteiger partial charge in [-0.2, -0.15) is 0 Å². The van der Waals surface area contributed by atoms with Crippen molar-refractivity contribution in [2.75, 3.05) is 5.32 Å². The Morgan fingerprint density at radius 1 is 1.13 bits per heavy atom. The van der Waals surface area contributed by atoms with Crippen LogP contribution in [0.25, 0.3) is 0 Å². The van der Waals surface area contributed by atoms with E-state index >= 15 is 0 Å². The minimum Gasteiger partial charge on any atom is -0.378 e. The van der Waals surface area contributed by atoms with E-state index in [-0.39, 0.29) is 0 Å². The molecule has 2 aromatic heterocycles. The van der Waals surface area contributed by atoms with Gasteiger partial charge in [0.05, 0.1) is 18.1 Å². The number of rotatable bonds is 3. The first kappa shape index (κ1) is 9.58. The molecule has 0 amide bonds. The zero-order valence-corrected chi connectivity index (χ0v) is 8.51. The molecule has 2 heterocycles. The molecule has 0 aliphatic rings. The molecule has 76 valence electrons. The summed E-state index contributed by atoms with van der Waals surface area (Å²) in [4.78, 5) is 11.9. The molecule has 15 heavy (non-hydrogen) atoms. The van der Waals surface area contributed by atoms with Crippen molar-refractivity contribution in [1.29, 1.82) is 0 Å². The molecule has 0 aliphatic carbocycles. The molecule has 0 spiro atoms. The van der Waals surface area contributed by atoms with E-state index in [1.807, 2.05) is 12.3 Å². The van der Waals surface area contributed by atoms with Gasteiger partial charge in [0.15, 0.2) is 0 Å². The van der Waals surface area contributed by atoms with Gasteiger partial charge in [-0.05, 0) is 24.1 Å². The van der Waals surface area contributed by atoms with Crippen molar-refractivity contribution in [3.8, 4) is 0 Å². The van der Waals surface area contributed by atoms with Crippen molar-refractivity contribution < 1.29 is 0 Å². The second kappa shape index (κ2) is 4.50. The Morgan fingerprint density at radius 3 is 2.67 bits per heavy atom. The first-order chi connectivity index (χ1) is 7.36. The van der Waals surface area contributed by atoms with Gasteiger partial charge in [0, 0.05) is 18.9 Å². The predicted octanol–water partition coefficient (Wildman–Crippen LogP) is 1.79. The van der Waals surface area contributed by atoms with Crippen molar-refractivity contribution in [1.82, 2.24) is 15.0 Å². The third-order valence-corrected chi connectivity index (χ3v) is 2.19. The van der Waals surface area contributed by atoms with Gasteiger partial charge in [0.2, 0.25) is 0 Å². The number of hydrogen-bond acceptors (Lipinski definition) is 4. The highest BCUT2D eigenvalue weighted by Gasteiger charge is 1.97. The number of aryl methyl sites for hydroxylation is 1. The molecule has 2 aromatic rings. The van der Waals surface area contributed by atoms with Gasteiger partial charge in [-0.15, -0.1) is 0 Å². The standard InChI is InChI=1S/C11H12N4/c1-9-2-3-12-4-10(9)5-15-11-6-13-8-14-7-11/h2-4,6-8,15H,5H2,1H3. The summed E-state index contributed by atoms with van der Waals surface area (Å²) in [5.74, 6) is 0. The highest BCUT2D eigenvalue weighted by Crippen LogP contribution is 2.08. The molecule has 0 saturated carbocycles. The zero-order valence-electron chi connectivity index (χ0n) is 8.51. The minimum absolute atomic E-state index is 0.743. The molecule has 1 N–H and O–H groups in total. The fraction of sp³-hybridized carbons (Fsp3) is 0.182. The average molecular weight is 200 g/mol. The quantitative estimate of drug-likeness (QED) is 0.820. The fourth-order valence-electron chi connectivity index (χ4n) is 1.27. The van der Waals surface area contributed by atoms with E-state index in [2.05, 4.69) is 27.2 Å². The summed E-state index contributed by atoms with van der Waals surface area (Å²) in [6.07, 6.45) is 8.68. The van der Waals surface area contributed by atoms with Crippen molar-refractivity contribution in [2.24, 2.45) is 0 Å². The van der Waals surface area contributed by atoms with Gasteiger partial charge < -0.3 is 5.32 Å². The van der Waals surface area contributed by atoms with Crippen molar-refractivity contribution in [3.05, 3.63) is 48.3 Å². The topological polar surface area (TPSA) is 50.7 Å². The SMILES string of the molecule is Cc1ccncc1CNc1cncnc1. The van der Waals surface area contributed by atoms with Gasteiger partial charge in [-0.25, -0.2) is 9.97 Å². The number of aromatic nitrogens is 3. The molecule has 0 radical (unpaired) electrons. The van der Waals surface area contributed by atoms with Crippen LogP contribution in [0, 0.1) is 6.92 Å². The molecule has 0 atom stereocenters. The summed E-state index contributed by atoms with van der Waals surface area (Å²) in [6, 6.07) is 2.00. The maximum Gasteiger partial charge on any atom is 0.115 e. The van der Waals surface area contributed by atoms with Gasteiger partial charge in [0.1, 0.15) is 6.33 Å². The second-order valence-corrected chi connectivity index (χ2v) is 3.28. The Kier molecular flexibility index (Phi) is 2.88. The van der Waals surface area contributed by atoms with Crippen LogP contribution in [0.1, 0.15) is 11.1 Å². The van der Waals surface area contributed by atoms with Crippen LogP contribution in [0.3, 0.4) is 0 Å². The minimum atomic E-state index is 0.743. The number of nitrogens with zero attached hydrogens (tertiary/aromatic N) is 3. The zero-order chi connectivity index (χ0) is 10.5. The summed E-state index contributed by atoms with van der Waals surface area (Å²) < 4.78 is 0. The van der Waals surface area contributed by atoms with Crippen LogP contribution in [-0.2, 0) is 6.54 Å². The lowest BCUT2D eigenvalue weighted by Gasteiger charge is -2.07. The average Bonchev–Trinajstić information content (AvgIpc) is 2.29. The van der Waals surface area contributed by atoms with E-state index in [0.717, 1.165) is 12.2 Å². The van der Waals surface area contributed by atoms with E-state index in [4.69, 9.17) is 0 Å². The van der Waals surface area contributed by atoms with Gasteiger partial charge >= 0.3 is 0 Å². The van der Waals surface area contributed by atoms with Crippen LogP contribution >= 0.6 is 0 Å². The Hall–Kier alpha value is -1.97. The summed E-state index contributed by atoms with van der Waals surface area (Å²) in [5, 5.41) is 3.24. The maximum absolute atomic E-state index is 4.09. The van der Waals surface area contributed by atoms with Crippen molar-refractivity contribution in [2.45, 2.75) is 13.5 Å². The number of pyridine rings is 1. The van der Waals surface area contributed by atoms with Crippen LogP contribution in [0.15, 0.2) is 37.2 Å². The van der Waals surface area contributed by atoms with Crippen LogP contribution in [0.2, 0.25) is 0 Å². The first-order valence-electron chi connectivity index (χ1n) is 4.74. The van der Waals surface area contributed by atoms with E-state index in [0.29, 0.717) is 0 Å². The van der Waals surface area contributed by atoms with E-state index in [1.165, 1.54) is 17.5 Å². The first-order valence-corrected chi connectivity index (χ1v) is 4.74. The molecule has 4 nitrogen and oxygen atoms in total. The van der Waals surface area contributed by atoms with Crippen LogP contribution in [-0.4, -0.2) is 15.0 Å². The van der Waals surface area contributed by atoms with Crippen LogP contribution in [0.4, 0.5) is 5.69 Å². The van der Waals surface area contributed by atoms with Gasteiger partial charge in [-0.3, -0.25) is 4.98 Å². The molecule has 0 aromatic carbocycles. The molecule has 0 aliphatic heterocycles. The van der Waals surface area contributed by atoms with Gasteiger partial charge in [-0.1, -0.05) is 0 Å². The molecular weight excluding hydrogens is 188 g/mol. The molecule has 4 heteroatoms. The van der Waals surface area contributed by atoms with E-state index in [9.17, 15) is 0 Å². The second-order valence-electron chi connectivity index (χ2n) is 3.28. The number of nitrogens with one attached hydrogen (secondary N) is 1. The van der Waals surface area contributed by atoms with Crippen LogP contribution < -0.4 is 5.32 Å². The van der Waals surface area contributed by atoms with Crippen molar-refractivity contribution >= 4 is 5.69 Å². The van der Waals surface area contributed by atoms with Gasteiger partial charge in [0.25, 0.3) is 0 Å². The lowest BCUT2D eigenvalue weighted by molar-refractivity contribution is 1.06. The molecule has 2 rings (SSSR count). The Bertz CT molecular complexity index is 428. The summed E-state index contributed by atoms with van der Waals surface area (Å²) in [7, 11) is 0. The highest BCUT2D eigenvalue weighted by molar-refractivity contribution is 5.38. The summed E-state index contributed by atoms with van der Waals surface area (Å²) in [6.45, 7) is 2.81. The molecule has 0 unspecified atom stereocenters. The predicted molar refractivity (Wildman–Crippen MR) is 58.3 cm³/mol. The molecular formula is C11H12N4. The lowest BCUT2D eigenvalue weighted by Crippen LogP contribution is -2.02. The molecule has 0 bridgehead atoms. The molecule has 0 saturated heterocycles. The summed E-state index contributed by atoms with van der Waals surface area (Å²) >= 11 is 0. The van der Waals surface area contributed by atoms with E-state index in [1.54, 1.807) is 18.6 Å². The van der Waals surface area contributed by atoms with Crippen molar-refractivity contribution in [3.63, 3.8) is 0 Å². The summed E-state index contributed by atoms with van der Waals surface area (Å²) in [5.41, 5.74) is 3.33. The lowest BCUT2D eigenvalue weighted by atomic mass is 10.1. The Balaban J connectivity index is 2.03. The Morgan fingerprint density at radius 2 is 1.93 bits per heavy atom. The third kappa shape index (κ3) is 2.49. The van der Waals surface area contributed by atoms with E-state index < -0.39 is 0 Å².